The van der Waals surface area contributed by atoms with Crippen molar-refractivity contribution < 1.29 is 8.78 Å². The van der Waals surface area contributed by atoms with Crippen molar-refractivity contribution >= 4 is 22.5 Å². The van der Waals surface area contributed by atoms with Gasteiger partial charge in [0.2, 0.25) is 0 Å². The lowest BCUT2D eigenvalue weighted by Crippen LogP contribution is -2.38. The summed E-state index contributed by atoms with van der Waals surface area (Å²) in [5, 5.41) is 0.740. The van der Waals surface area contributed by atoms with Crippen LogP contribution in [0, 0.1) is 17.6 Å². The van der Waals surface area contributed by atoms with Gasteiger partial charge in [0, 0.05) is 38.0 Å². The van der Waals surface area contributed by atoms with Gasteiger partial charge < -0.3 is 9.80 Å². The number of halogens is 2. The highest BCUT2D eigenvalue weighted by atomic mass is 19.1. The molecule has 0 bridgehead atoms. The van der Waals surface area contributed by atoms with Crippen LogP contribution in [0.4, 0.5) is 20.4 Å². The largest absolute Gasteiger partial charge is 0.357 e. The molecule has 5 rings (SSSR count). The van der Waals surface area contributed by atoms with Crippen molar-refractivity contribution in [3.63, 3.8) is 0 Å². The van der Waals surface area contributed by atoms with Crippen LogP contribution in [0.5, 0.6) is 0 Å². The summed E-state index contributed by atoms with van der Waals surface area (Å²) in [6.45, 7) is 2.38. The normalized spacial score (nSPS) is 17.5. The Morgan fingerprint density at radius 3 is 2.53 bits per heavy atom. The fourth-order valence-corrected chi connectivity index (χ4v) is 4.35. The predicted molar refractivity (Wildman–Crippen MR) is 112 cm³/mol. The van der Waals surface area contributed by atoms with E-state index in [0.717, 1.165) is 62.0 Å². The third-order valence-corrected chi connectivity index (χ3v) is 6.15. The minimum absolute atomic E-state index is 0.260. The van der Waals surface area contributed by atoms with Gasteiger partial charge >= 0.3 is 0 Å². The fourth-order valence-electron chi connectivity index (χ4n) is 4.35. The van der Waals surface area contributed by atoms with Crippen molar-refractivity contribution in [2.45, 2.75) is 31.6 Å². The Balaban J connectivity index is 1.26. The van der Waals surface area contributed by atoms with Gasteiger partial charge in [-0.05, 0) is 49.8 Å². The van der Waals surface area contributed by atoms with Crippen LogP contribution in [0.2, 0.25) is 0 Å². The van der Waals surface area contributed by atoms with Gasteiger partial charge in [-0.1, -0.05) is 0 Å². The molecule has 3 aromatic rings. The quantitative estimate of drug-likeness (QED) is 0.635. The van der Waals surface area contributed by atoms with E-state index in [1.807, 2.05) is 11.9 Å². The van der Waals surface area contributed by atoms with E-state index in [-0.39, 0.29) is 17.6 Å². The Bertz CT molecular complexity index is 1060. The lowest BCUT2D eigenvalue weighted by atomic mass is 9.96. The molecule has 1 saturated carbocycles. The van der Waals surface area contributed by atoms with Crippen LogP contribution in [-0.2, 0) is 0 Å². The summed E-state index contributed by atoms with van der Waals surface area (Å²) in [7, 11) is 1.90. The molecule has 1 aromatic carbocycles. The first kappa shape index (κ1) is 19.1. The summed E-state index contributed by atoms with van der Waals surface area (Å²) in [6.07, 6.45) is 6.93. The summed E-state index contributed by atoms with van der Waals surface area (Å²) < 4.78 is 28.6. The van der Waals surface area contributed by atoms with Gasteiger partial charge in [-0.25, -0.2) is 28.7 Å². The van der Waals surface area contributed by atoms with E-state index in [2.05, 4.69) is 24.8 Å². The van der Waals surface area contributed by atoms with Crippen LogP contribution >= 0.6 is 0 Å². The first-order valence-corrected chi connectivity index (χ1v) is 10.5. The van der Waals surface area contributed by atoms with E-state index in [1.165, 1.54) is 24.8 Å². The number of anilines is 2. The van der Waals surface area contributed by atoms with Crippen LogP contribution in [-0.4, -0.2) is 46.6 Å². The van der Waals surface area contributed by atoms with Crippen molar-refractivity contribution in [3.05, 3.63) is 48.2 Å². The first-order valence-electron chi connectivity index (χ1n) is 10.5. The Kier molecular flexibility index (Phi) is 4.92. The topological polar surface area (TPSA) is 58.0 Å². The molecule has 0 unspecified atom stereocenters. The van der Waals surface area contributed by atoms with E-state index in [0.29, 0.717) is 17.4 Å². The van der Waals surface area contributed by atoms with Gasteiger partial charge in [-0.2, -0.15) is 0 Å². The number of piperidine rings is 1. The number of aromatic nitrogens is 4. The Labute approximate surface area is 174 Å². The van der Waals surface area contributed by atoms with Gasteiger partial charge in [0.1, 0.15) is 24.3 Å². The fraction of sp³-hybridized carbons (Fsp3) is 0.455. The smallest absolute Gasteiger partial charge is 0.187 e. The Hall–Kier alpha value is -2.90. The van der Waals surface area contributed by atoms with E-state index in [4.69, 9.17) is 0 Å². The van der Waals surface area contributed by atoms with Crippen molar-refractivity contribution in [1.82, 2.24) is 19.9 Å². The molecule has 156 valence electrons. The lowest BCUT2D eigenvalue weighted by molar-refractivity contribution is 0.405. The lowest BCUT2D eigenvalue weighted by Gasteiger charge is -2.35. The first-order chi connectivity index (χ1) is 14.6. The zero-order valence-corrected chi connectivity index (χ0v) is 16.9. The molecule has 3 heterocycles. The van der Waals surface area contributed by atoms with E-state index in [1.54, 1.807) is 6.07 Å². The van der Waals surface area contributed by atoms with Crippen molar-refractivity contribution in [1.29, 1.82) is 0 Å². The third-order valence-electron chi connectivity index (χ3n) is 6.15. The van der Waals surface area contributed by atoms with Gasteiger partial charge in [0.25, 0.3) is 0 Å². The second-order valence-electron chi connectivity index (χ2n) is 8.34. The summed E-state index contributed by atoms with van der Waals surface area (Å²) >= 11 is 0. The van der Waals surface area contributed by atoms with Crippen molar-refractivity contribution in [2.24, 2.45) is 5.92 Å². The van der Waals surface area contributed by atoms with Gasteiger partial charge in [0.05, 0.1) is 11.2 Å². The van der Waals surface area contributed by atoms with Crippen molar-refractivity contribution in [3.8, 4) is 0 Å². The average molecular weight is 410 g/mol. The Morgan fingerprint density at radius 1 is 1.00 bits per heavy atom. The number of fused-ring (bicyclic) bond motifs is 1. The van der Waals surface area contributed by atoms with E-state index >= 15 is 0 Å². The molecule has 6 nitrogen and oxygen atoms in total. The second-order valence-corrected chi connectivity index (χ2v) is 8.34. The summed E-state index contributed by atoms with van der Waals surface area (Å²) in [5.41, 5.74) is 1.30. The van der Waals surface area contributed by atoms with Crippen LogP contribution in [0.3, 0.4) is 0 Å². The predicted octanol–water partition coefficient (Wildman–Crippen LogP) is 3.93. The molecule has 2 aromatic heterocycles. The number of hydrogen-bond donors (Lipinski definition) is 0. The molecule has 1 saturated heterocycles. The zero-order chi connectivity index (χ0) is 20.7. The summed E-state index contributed by atoms with van der Waals surface area (Å²) in [5.74, 6) is 1.31. The standard InChI is InChI=1S/C22H24F2N6/c1-29(22-19(24)20(15-2-3-15)26-13-28-22)11-14-6-8-30(9-7-14)21-17-10-16(23)4-5-18(17)25-12-27-21/h4-5,10,12-15H,2-3,6-9,11H2,1H3. The van der Waals surface area contributed by atoms with Crippen LogP contribution in [0.1, 0.15) is 37.3 Å². The Morgan fingerprint density at radius 2 is 1.77 bits per heavy atom. The SMILES string of the molecule is CN(CC1CCN(c2ncnc3ccc(F)cc23)CC1)c1ncnc(C2CC2)c1F. The van der Waals surface area contributed by atoms with Gasteiger partial charge in [0.15, 0.2) is 11.6 Å². The molecule has 1 aliphatic heterocycles. The van der Waals surface area contributed by atoms with Gasteiger partial charge in [-0.15, -0.1) is 0 Å². The maximum atomic E-state index is 14.8. The molecule has 8 heteroatoms. The maximum absolute atomic E-state index is 14.8. The zero-order valence-electron chi connectivity index (χ0n) is 16.9. The third kappa shape index (κ3) is 3.66. The van der Waals surface area contributed by atoms with E-state index < -0.39 is 0 Å². The molecule has 0 radical (unpaired) electrons. The molecule has 0 N–H and O–H groups in total. The van der Waals surface area contributed by atoms with Crippen molar-refractivity contribution in [2.75, 3.05) is 36.5 Å². The van der Waals surface area contributed by atoms with Gasteiger partial charge in [-0.3, -0.25) is 0 Å². The molecular weight excluding hydrogens is 386 g/mol. The number of benzene rings is 1. The molecule has 30 heavy (non-hydrogen) atoms. The van der Waals surface area contributed by atoms with E-state index in [9.17, 15) is 8.78 Å². The number of hydrogen-bond acceptors (Lipinski definition) is 6. The minimum atomic E-state index is -0.285. The van der Waals surface area contributed by atoms with Crippen LogP contribution < -0.4 is 9.80 Å². The highest BCUT2D eigenvalue weighted by molar-refractivity contribution is 5.89. The number of rotatable bonds is 5. The summed E-state index contributed by atoms with van der Waals surface area (Å²) in [4.78, 5) is 21.1. The average Bonchev–Trinajstić information content (AvgIpc) is 3.59. The van der Waals surface area contributed by atoms with Crippen LogP contribution in [0.15, 0.2) is 30.9 Å². The minimum Gasteiger partial charge on any atom is -0.357 e. The second kappa shape index (κ2) is 7.74. The summed E-state index contributed by atoms with van der Waals surface area (Å²) in [6, 6.07) is 4.60. The molecular formula is C22H24F2N6. The number of nitrogens with zero attached hydrogens (tertiary/aromatic N) is 6. The maximum Gasteiger partial charge on any atom is 0.187 e. The highest BCUT2D eigenvalue weighted by Crippen LogP contribution is 2.41. The molecule has 2 aliphatic rings. The van der Waals surface area contributed by atoms with Crippen LogP contribution in [0.25, 0.3) is 10.9 Å². The molecule has 0 amide bonds. The molecule has 0 atom stereocenters. The molecule has 2 fully saturated rings. The monoisotopic (exact) mass is 410 g/mol. The molecule has 0 spiro atoms. The highest BCUT2D eigenvalue weighted by Gasteiger charge is 2.31. The molecule has 1 aliphatic carbocycles.